The highest BCUT2D eigenvalue weighted by molar-refractivity contribution is 5.73. The standard InChI is InChI=1S/C11H6N4O3/c12-4-9-3-10(15(17)18)1-2-11(9)14-6-8(7-16)5-13-14/h1-3,5-7H. The molecule has 7 nitrogen and oxygen atoms in total. The fraction of sp³-hybridized carbons (Fsp3) is 0. The number of aromatic nitrogens is 2. The molecule has 1 aromatic carbocycles. The summed E-state index contributed by atoms with van der Waals surface area (Å²) in [6.45, 7) is 0. The van der Waals surface area contributed by atoms with Crippen molar-refractivity contribution in [2.45, 2.75) is 0 Å². The Labute approximate surface area is 101 Å². The molecule has 2 aromatic rings. The monoisotopic (exact) mass is 242 g/mol. The topological polar surface area (TPSA) is 102 Å². The molecule has 18 heavy (non-hydrogen) atoms. The van der Waals surface area contributed by atoms with E-state index in [0.717, 1.165) is 6.07 Å². The smallest absolute Gasteiger partial charge is 0.270 e. The average Bonchev–Trinajstić information content (AvgIpc) is 2.86. The quantitative estimate of drug-likeness (QED) is 0.460. The SMILES string of the molecule is N#Cc1cc([N+](=O)[O-])ccc1-n1cc(C=O)cn1. The zero-order valence-corrected chi connectivity index (χ0v) is 8.98. The minimum absolute atomic E-state index is 0.116. The fourth-order valence-corrected chi connectivity index (χ4v) is 1.46. The summed E-state index contributed by atoms with van der Waals surface area (Å²) >= 11 is 0. The largest absolute Gasteiger partial charge is 0.298 e. The van der Waals surface area contributed by atoms with Crippen LogP contribution in [0.15, 0.2) is 30.6 Å². The van der Waals surface area contributed by atoms with E-state index in [1.807, 2.05) is 6.07 Å². The van der Waals surface area contributed by atoms with Crippen LogP contribution in [0.25, 0.3) is 5.69 Å². The van der Waals surface area contributed by atoms with Crippen molar-refractivity contribution in [1.82, 2.24) is 9.78 Å². The molecule has 0 fully saturated rings. The van der Waals surface area contributed by atoms with Gasteiger partial charge in [0.15, 0.2) is 6.29 Å². The zero-order chi connectivity index (χ0) is 13.1. The van der Waals surface area contributed by atoms with Gasteiger partial charge < -0.3 is 0 Å². The molecule has 2 rings (SSSR count). The number of carbonyl (C=O) groups is 1. The third-order valence-corrected chi connectivity index (χ3v) is 2.30. The molecule has 1 aromatic heterocycles. The number of nitro benzene ring substituents is 1. The number of hydrogen-bond acceptors (Lipinski definition) is 5. The first-order chi connectivity index (χ1) is 8.65. The van der Waals surface area contributed by atoms with Crippen molar-refractivity contribution < 1.29 is 9.72 Å². The van der Waals surface area contributed by atoms with Crippen LogP contribution in [0.2, 0.25) is 0 Å². The van der Waals surface area contributed by atoms with Crippen molar-refractivity contribution >= 4 is 12.0 Å². The first-order valence-electron chi connectivity index (χ1n) is 4.84. The summed E-state index contributed by atoms with van der Waals surface area (Å²) in [6.07, 6.45) is 3.41. The van der Waals surface area contributed by atoms with Crippen molar-refractivity contribution in [3.8, 4) is 11.8 Å². The van der Waals surface area contributed by atoms with Crippen LogP contribution in [0.5, 0.6) is 0 Å². The van der Waals surface area contributed by atoms with Crippen LogP contribution in [0.3, 0.4) is 0 Å². The van der Waals surface area contributed by atoms with Gasteiger partial charge in [-0.2, -0.15) is 10.4 Å². The second kappa shape index (κ2) is 4.47. The molecule has 7 heteroatoms. The number of benzene rings is 1. The Kier molecular flexibility index (Phi) is 2.85. The average molecular weight is 242 g/mol. The lowest BCUT2D eigenvalue weighted by molar-refractivity contribution is -0.384. The summed E-state index contributed by atoms with van der Waals surface area (Å²) in [7, 11) is 0. The van der Waals surface area contributed by atoms with E-state index < -0.39 is 4.92 Å². The highest BCUT2D eigenvalue weighted by Crippen LogP contribution is 2.20. The molecule has 0 saturated carbocycles. The van der Waals surface area contributed by atoms with E-state index in [1.54, 1.807) is 0 Å². The normalized spacial score (nSPS) is 9.72. The maximum Gasteiger partial charge on any atom is 0.270 e. The Morgan fingerprint density at radius 1 is 1.50 bits per heavy atom. The summed E-state index contributed by atoms with van der Waals surface area (Å²) in [4.78, 5) is 20.6. The number of carbonyl (C=O) groups excluding carboxylic acids is 1. The van der Waals surface area contributed by atoms with Gasteiger partial charge in [0.05, 0.1) is 27.9 Å². The van der Waals surface area contributed by atoms with Gasteiger partial charge in [-0.05, 0) is 6.07 Å². The molecule has 0 aliphatic heterocycles. The van der Waals surface area contributed by atoms with Gasteiger partial charge in [0.1, 0.15) is 6.07 Å². The van der Waals surface area contributed by atoms with E-state index in [2.05, 4.69) is 5.10 Å². The minimum atomic E-state index is -0.579. The summed E-state index contributed by atoms with van der Waals surface area (Å²) in [5.74, 6) is 0. The minimum Gasteiger partial charge on any atom is -0.298 e. The Balaban J connectivity index is 2.54. The van der Waals surface area contributed by atoms with Crippen LogP contribution >= 0.6 is 0 Å². The Hall–Kier alpha value is -3.01. The predicted octanol–water partition coefficient (Wildman–Crippen LogP) is 1.46. The van der Waals surface area contributed by atoms with Gasteiger partial charge in [0.2, 0.25) is 0 Å². The second-order valence-electron chi connectivity index (χ2n) is 3.41. The van der Waals surface area contributed by atoms with Crippen molar-refractivity contribution in [2.24, 2.45) is 0 Å². The summed E-state index contributed by atoms with van der Waals surface area (Å²) < 4.78 is 1.33. The third-order valence-electron chi connectivity index (χ3n) is 2.30. The van der Waals surface area contributed by atoms with Crippen LogP contribution in [0.4, 0.5) is 5.69 Å². The molecule has 0 radical (unpaired) electrons. The van der Waals surface area contributed by atoms with Gasteiger partial charge in [-0.25, -0.2) is 4.68 Å². The maximum atomic E-state index is 10.6. The molecule has 0 aliphatic carbocycles. The molecule has 0 amide bonds. The van der Waals surface area contributed by atoms with Gasteiger partial charge in [0, 0.05) is 18.3 Å². The Morgan fingerprint density at radius 2 is 2.28 bits per heavy atom. The second-order valence-corrected chi connectivity index (χ2v) is 3.41. The number of nitrogens with zero attached hydrogens (tertiary/aromatic N) is 4. The van der Waals surface area contributed by atoms with Gasteiger partial charge in [-0.1, -0.05) is 0 Å². The van der Waals surface area contributed by atoms with Gasteiger partial charge in [0.25, 0.3) is 5.69 Å². The lowest BCUT2D eigenvalue weighted by Gasteiger charge is -2.03. The van der Waals surface area contributed by atoms with Crippen LogP contribution < -0.4 is 0 Å². The molecule has 1 heterocycles. The highest BCUT2D eigenvalue weighted by Gasteiger charge is 2.12. The maximum absolute atomic E-state index is 10.6. The Bertz CT molecular complexity index is 669. The molecule has 0 N–H and O–H groups in total. The number of non-ortho nitro benzene ring substituents is 1. The van der Waals surface area contributed by atoms with Crippen molar-refractivity contribution in [2.75, 3.05) is 0 Å². The molecule has 0 unspecified atom stereocenters. The van der Waals surface area contributed by atoms with Crippen molar-refractivity contribution in [3.05, 3.63) is 51.8 Å². The number of aldehydes is 1. The summed E-state index contributed by atoms with van der Waals surface area (Å²) in [5, 5.41) is 23.5. The number of nitro groups is 1. The third kappa shape index (κ3) is 1.94. The lowest BCUT2D eigenvalue weighted by Crippen LogP contribution is -1.99. The lowest BCUT2D eigenvalue weighted by atomic mass is 10.2. The Morgan fingerprint density at radius 3 is 2.83 bits per heavy atom. The molecular weight excluding hydrogens is 236 g/mol. The summed E-state index contributed by atoms with van der Waals surface area (Å²) in [6, 6.07) is 5.72. The van der Waals surface area contributed by atoms with Crippen molar-refractivity contribution in [3.63, 3.8) is 0 Å². The molecule has 0 saturated heterocycles. The number of rotatable bonds is 3. The first-order valence-corrected chi connectivity index (χ1v) is 4.84. The van der Waals surface area contributed by atoms with E-state index in [1.165, 1.54) is 29.2 Å². The van der Waals surface area contributed by atoms with Gasteiger partial charge >= 0.3 is 0 Å². The molecule has 0 spiro atoms. The molecular formula is C11H6N4O3. The zero-order valence-electron chi connectivity index (χ0n) is 8.98. The van der Waals surface area contributed by atoms with Crippen LogP contribution in [0.1, 0.15) is 15.9 Å². The first kappa shape index (κ1) is 11.5. The molecule has 88 valence electrons. The van der Waals surface area contributed by atoms with E-state index in [-0.39, 0.29) is 11.3 Å². The van der Waals surface area contributed by atoms with E-state index in [0.29, 0.717) is 17.5 Å². The molecule has 0 bridgehead atoms. The van der Waals surface area contributed by atoms with Gasteiger partial charge in [-0.15, -0.1) is 0 Å². The fourth-order valence-electron chi connectivity index (χ4n) is 1.46. The number of hydrogen-bond donors (Lipinski definition) is 0. The van der Waals surface area contributed by atoms with Gasteiger partial charge in [-0.3, -0.25) is 14.9 Å². The van der Waals surface area contributed by atoms with E-state index >= 15 is 0 Å². The molecule has 0 aliphatic rings. The highest BCUT2D eigenvalue weighted by atomic mass is 16.6. The predicted molar refractivity (Wildman–Crippen MR) is 60.3 cm³/mol. The molecule has 0 atom stereocenters. The summed E-state index contributed by atoms with van der Waals surface area (Å²) in [5.41, 5.74) is 0.691. The van der Waals surface area contributed by atoms with E-state index in [9.17, 15) is 14.9 Å². The van der Waals surface area contributed by atoms with Crippen LogP contribution in [-0.2, 0) is 0 Å². The number of nitriles is 1. The van der Waals surface area contributed by atoms with Crippen LogP contribution in [0, 0.1) is 21.4 Å². The van der Waals surface area contributed by atoms with E-state index in [4.69, 9.17) is 5.26 Å². The van der Waals surface area contributed by atoms with Crippen molar-refractivity contribution in [1.29, 1.82) is 5.26 Å². The van der Waals surface area contributed by atoms with Crippen LogP contribution in [-0.4, -0.2) is 21.0 Å².